The number of hydrogen-bond donors (Lipinski definition) is 9. The van der Waals surface area contributed by atoms with Crippen molar-refractivity contribution in [3.05, 3.63) is 45.3 Å². The third kappa shape index (κ3) is 7.11. The lowest BCUT2D eigenvalue weighted by atomic mass is 9.49. The number of rotatable bonds is 2. The Hall–Kier alpha value is -3.21. The molecule has 15 unspecified atom stereocenters. The minimum absolute atomic E-state index is 0.00958. The molecule has 19 heteroatoms. The molecule has 4 aliphatic heterocycles. The number of fused-ring (bicyclic) bond motifs is 7. The topological polar surface area (TPSA) is 294 Å². The summed E-state index contributed by atoms with van der Waals surface area (Å²) in [4.78, 5) is 26.9. The van der Waals surface area contributed by atoms with Gasteiger partial charge in [0.1, 0.15) is 50.6 Å². The first kappa shape index (κ1) is 49.2. The fourth-order valence-corrected chi connectivity index (χ4v) is 14.3. The minimum Gasteiger partial charge on any atom is -0.507 e. The van der Waals surface area contributed by atoms with Gasteiger partial charge in [0.25, 0.3) is 0 Å². The van der Waals surface area contributed by atoms with E-state index >= 15 is 0 Å². The van der Waals surface area contributed by atoms with Crippen LogP contribution in [0.15, 0.2) is 33.0 Å². The summed E-state index contributed by atoms with van der Waals surface area (Å²) in [5, 5.41) is 84.5. The largest absolute Gasteiger partial charge is 0.507 e. The summed E-state index contributed by atoms with van der Waals surface area (Å²) in [5.41, 5.74) is -8.07. The van der Waals surface area contributed by atoms with Crippen molar-refractivity contribution < 1.29 is 76.7 Å². The van der Waals surface area contributed by atoms with E-state index in [-0.39, 0.29) is 42.0 Å². The molecule has 10 rings (SSSR count). The Kier molecular flexibility index (Phi) is 12.1. The Morgan fingerprint density at radius 2 is 1.59 bits per heavy atom. The Labute approximate surface area is 384 Å². The van der Waals surface area contributed by atoms with E-state index in [1.165, 1.54) is 6.07 Å². The second-order valence-electron chi connectivity index (χ2n) is 21.4. The summed E-state index contributed by atoms with van der Waals surface area (Å²) in [6.45, 7) is 14.5. The van der Waals surface area contributed by atoms with Crippen molar-refractivity contribution in [3.8, 4) is 11.5 Å². The minimum atomic E-state index is -4.67. The van der Waals surface area contributed by atoms with Gasteiger partial charge in [0, 0.05) is 78.4 Å². The number of benzene rings is 1. The number of aryl methyl sites for hydroxylation is 1. The lowest BCUT2D eigenvalue weighted by molar-refractivity contribution is -0.354. The molecule has 7 fully saturated rings. The Morgan fingerprint density at radius 1 is 0.924 bits per heavy atom. The summed E-state index contributed by atoms with van der Waals surface area (Å²) in [6.07, 6.45) is 3.94. The van der Waals surface area contributed by atoms with Gasteiger partial charge in [-0.3, -0.25) is 18.8 Å². The zero-order valence-electron chi connectivity index (χ0n) is 38.7. The second kappa shape index (κ2) is 16.2. The van der Waals surface area contributed by atoms with Crippen LogP contribution in [0.2, 0.25) is 0 Å². The molecular weight excluding hydrogens is 883 g/mol. The lowest BCUT2D eigenvalue weighted by Crippen LogP contribution is -2.85. The average Bonchev–Trinajstić information content (AvgIpc) is 3.33. The number of aromatic hydroxyl groups is 1. The quantitative estimate of drug-likeness (QED) is 0.119. The Bertz CT molecular complexity index is 2470. The highest BCUT2D eigenvalue weighted by molar-refractivity contribution is 7.79. The summed E-state index contributed by atoms with van der Waals surface area (Å²) >= 11 is 0. The fraction of sp³-hybridized carbons (Fsp3) is 0.745. The highest BCUT2D eigenvalue weighted by atomic mass is 32.3. The van der Waals surface area contributed by atoms with Gasteiger partial charge < -0.3 is 54.4 Å². The molecule has 18 nitrogen and oxygen atoms in total. The van der Waals surface area contributed by atoms with Crippen molar-refractivity contribution in [2.24, 2.45) is 35.0 Å². The standard InChI is InChI=1S/C32H49NO9.C15H16O4.H2O4S/c1-6-18(3)25(35)41-24-11-12-26(4)19-8-9-20-28(37)13-23(34)31(39)21(29(28,38)16-30(20,26)42-32(19,24)40)15-33-14-17(2)7-10-22(33)27(31,5)36;1-8-3-4-10-12(18-7-8)6-13-14(15(10)17)11(16)5-9(2)19-13;1-5(2,3)4/h6,17,19-24,34,36-40H,7-16H2,1-5H3;5-6,8,17H,3-4,7H2,1-2H3;(H2,1,2,3,4). The Morgan fingerprint density at radius 3 is 2.26 bits per heavy atom. The molecule has 1 aromatic carbocycles. The summed E-state index contributed by atoms with van der Waals surface area (Å²) in [5.74, 6) is -2.45. The highest BCUT2D eigenvalue weighted by Gasteiger charge is 2.88. The first-order valence-corrected chi connectivity index (χ1v) is 24.6. The number of piperidine rings is 2. The molecule has 4 saturated carbocycles. The zero-order chi connectivity index (χ0) is 48.5. The van der Waals surface area contributed by atoms with Crippen LogP contribution in [-0.2, 0) is 31.1 Å². The van der Waals surface area contributed by atoms with E-state index in [9.17, 15) is 45.3 Å². The summed E-state index contributed by atoms with van der Waals surface area (Å²) < 4.78 is 55.4. The number of nitrogens with zero attached hydrogens (tertiary/aromatic N) is 1. The molecule has 1 spiro atoms. The first-order valence-electron chi connectivity index (χ1n) is 23.2. The van der Waals surface area contributed by atoms with E-state index in [0.29, 0.717) is 91.7 Å². The van der Waals surface area contributed by atoms with Gasteiger partial charge in [-0.05, 0) is 90.9 Å². The zero-order valence-corrected chi connectivity index (χ0v) is 39.5. The molecule has 3 saturated heterocycles. The predicted molar refractivity (Wildman–Crippen MR) is 236 cm³/mol. The number of allylic oxidation sites excluding steroid dienone is 1. The molecule has 9 N–H and O–H groups in total. The van der Waals surface area contributed by atoms with Crippen LogP contribution >= 0.6 is 0 Å². The van der Waals surface area contributed by atoms with Crippen molar-refractivity contribution in [1.29, 1.82) is 0 Å². The smallest absolute Gasteiger partial charge is 0.394 e. The van der Waals surface area contributed by atoms with Gasteiger partial charge in [0.2, 0.25) is 5.79 Å². The highest BCUT2D eigenvalue weighted by Crippen LogP contribution is 2.78. The maximum absolute atomic E-state index is 12.9. The van der Waals surface area contributed by atoms with Crippen molar-refractivity contribution in [1.82, 2.24) is 4.90 Å². The maximum Gasteiger partial charge on any atom is 0.394 e. The number of phenolic OH excluding ortho intramolecular Hbond substituents is 1. The molecule has 1 aromatic heterocycles. The van der Waals surface area contributed by atoms with Crippen LogP contribution in [0.1, 0.15) is 111 Å². The van der Waals surface area contributed by atoms with E-state index in [0.717, 1.165) is 12.8 Å². The molecule has 4 bridgehead atoms. The van der Waals surface area contributed by atoms with Crippen LogP contribution in [0.5, 0.6) is 11.5 Å². The molecule has 0 radical (unpaired) electrons. The number of aliphatic hydroxyl groups excluding tert-OH is 1. The molecule has 0 amide bonds. The van der Waals surface area contributed by atoms with E-state index in [1.807, 2.05) is 6.92 Å². The third-order valence-electron chi connectivity index (χ3n) is 17.6. The van der Waals surface area contributed by atoms with E-state index in [1.54, 1.807) is 39.8 Å². The number of phenols is 1. The predicted octanol–water partition coefficient (Wildman–Crippen LogP) is 3.11. The third-order valence-corrected chi connectivity index (χ3v) is 17.6. The summed E-state index contributed by atoms with van der Waals surface area (Å²) in [6, 6.07) is 2.73. The fourth-order valence-electron chi connectivity index (χ4n) is 14.3. The number of ether oxygens (including phenoxy) is 3. The number of aliphatic hydroxyl groups is 6. The molecule has 8 aliphatic rings. The van der Waals surface area contributed by atoms with E-state index < -0.39 is 85.5 Å². The second-order valence-corrected chi connectivity index (χ2v) is 22.3. The molecule has 5 heterocycles. The number of esters is 1. The van der Waals surface area contributed by atoms with Crippen LogP contribution in [0.3, 0.4) is 0 Å². The monoisotopic (exact) mass is 949 g/mol. The van der Waals surface area contributed by atoms with Crippen LogP contribution in [-0.4, -0.2) is 136 Å². The molecular formula is C47H67NO17S. The van der Waals surface area contributed by atoms with Crippen molar-refractivity contribution >= 4 is 27.3 Å². The lowest BCUT2D eigenvalue weighted by Gasteiger charge is -2.68. The van der Waals surface area contributed by atoms with E-state index in [2.05, 4.69) is 18.7 Å². The van der Waals surface area contributed by atoms with Crippen molar-refractivity contribution in [2.75, 3.05) is 19.7 Å². The van der Waals surface area contributed by atoms with Crippen LogP contribution in [0.4, 0.5) is 0 Å². The van der Waals surface area contributed by atoms with Gasteiger partial charge >= 0.3 is 16.4 Å². The molecule has 2 aromatic rings. The summed E-state index contributed by atoms with van der Waals surface area (Å²) in [7, 11) is -4.67. The van der Waals surface area contributed by atoms with Crippen molar-refractivity contribution in [3.63, 3.8) is 0 Å². The molecule has 15 atom stereocenters. The van der Waals surface area contributed by atoms with Gasteiger partial charge in [-0.2, -0.15) is 8.42 Å². The van der Waals surface area contributed by atoms with Gasteiger partial charge in [-0.1, -0.05) is 26.8 Å². The van der Waals surface area contributed by atoms with Crippen LogP contribution in [0.25, 0.3) is 11.0 Å². The number of carbonyl (C=O) groups is 1. The van der Waals surface area contributed by atoms with Gasteiger partial charge in [0.05, 0.1) is 18.3 Å². The van der Waals surface area contributed by atoms with E-state index in [4.69, 9.17) is 36.2 Å². The maximum atomic E-state index is 12.9. The number of carbonyl (C=O) groups excluding carboxylic acids is 1. The van der Waals surface area contributed by atoms with Gasteiger partial charge in [-0.25, -0.2) is 4.79 Å². The normalized spacial score (nSPS) is 44.6. The molecule has 368 valence electrons. The SMILES string of the molecule is CC=C(C)C(=O)OC1CCC2(C)C3CCC4C5(O)CC(O)C6(O)C(CN7CC(C)CCC7C6(C)O)C5(O)CC42OC13O.Cc1cc(=O)c2c(O)c3c(cc2o1)OCC(C)CC3.O=S(=O)(O)O. The average molecular weight is 950 g/mol. The van der Waals surface area contributed by atoms with Crippen LogP contribution in [0, 0.1) is 41.9 Å². The van der Waals surface area contributed by atoms with Crippen molar-refractivity contribution in [2.45, 2.75) is 165 Å². The van der Waals surface area contributed by atoms with Crippen LogP contribution < -0.4 is 10.2 Å². The first-order chi connectivity index (χ1) is 30.5. The molecule has 66 heavy (non-hydrogen) atoms. The number of hydrogen-bond acceptors (Lipinski definition) is 16. The van der Waals surface area contributed by atoms with Gasteiger partial charge in [-0.15, -0.1) is 0 Å². The molecule has 4 aliphatic carbocycles. The van der Waals surface area contributed by atoms with Gasteiger partial charge in [0.15, 0.2) is 11.5 Å². The Balaban J connectivity index is 0.000000204.